The summed E-state index contributed by atoms with van der Waals surface area (Å²) in [5.74, 6) is 0.161. The third-order valence-electron chi connectivity index (χ3n) is 3.52. The van der Waals surface area contributed by atoms with Crippen LogP contribution in [0.2, 0.25) is 0 Å². The lowest BCUT2D eigenvalue weighted by atomic mass is 9.82. The van der Waals surface area contributed by atoms with Crippen molar-refractivity contribution < 1.29 is 9.53 Å². The second kappa shape index (κ2) is 6.21. The van der Waals surface area contributed by atoms with Gasteiger partial charge in [0.25, 0.3) is 0 Å². The van der Waals surface area contributed by atoms with Crippen molar-refractivity contribution in [2.75, 3.05) is 39.4 Å². The van der Waals surface area contributed by atoms with E-state index in [9.17, 15) is 4.79 Å². The molecule has 0 aromatic rings. The molecule has 1 amide bonds. The molecule has 16 heavy (non-hydrogen) atoms. The van der Waals surface area contributed by atoms with Crippen LogP contribution >= 0.6 is 0 Å². The van der Waals surface area contributed by atoms with Gasteiger partial charge in [-0.3, -0.25) is 4.79 Å². The van der Waals surface area contributed by atoms with E-state index in [2.05, 4.69) is 24.1 Å². The van der Waals surface area contributed by atoms with E-state index in [1.165, 1.54) is 0 Å². The van der Waals surface area contributed by atoms with Crippen molar-refractivity contribution in [1.82, 2.24) is 10.2 Å². The monoisotopic (exact) mass is 228 g/mol. The summed E-state index contributed by atoms with van der Waals surface area (Å²) >= 11 is 0. The van der Waals surface area contributed by atoms with Gasteiger partial charge in [-0.05, 0) is 19.5 Å². The van der Waals surface area contributed by atoms with E-state index in [0.717, 1.165) is 32.6 Å². The number of ether oxygens (including phenoxy) is 1. The average Bonchev–Trinajstić information content (AvgIpc) is 2.24. The Morgan fingerprint density at radius 1 is 1.31 bits per heavy atom. The summed E-state index contributed by atoms with van der Waals surface area (Å²) in [5, 5.41) is 3.01. The molecule has 1 heterocycles. The first-order valence-electron chi connectivity index (χ1n) is 6.27. The van der Waals surface area contributed by atoms with Gasteiger partial charge in [-0.15, -0.1) is 0 Å². The van der Waals surface area contributed by atoms with Gasteiger partial charge in [0, 0.05) is 13.1 Å². The number of rotatable bonds is 7. The molecule has 0 atom stereocenters. The quantitative estimate of drug-likeness (QED) is 0.703. The second-order valence-electron chi connectivity index (χ2n) is 4.41. The fourth-order valence-corrected chi connectivity index (χ4v) is 1.90. The zero-order valence-corrected chi connectivity index (χ0v) is 10.7. The molecule has 1 rings (SSSR count). The number of nitrogens with zero attached hydrogens (tertiary/aromatic N) is 1. The molecule has 1 saturated heterocycles. The fourth-order valence-electron chi connectivity index (χ4n) is 1.90. The molecule has 0 aromatic carbocycles. The maximum Gasteiger partial charge on any atom is 0.230 e. The first-order valence-corrected chi connectivity index (χ1v) is 6.27. The number of hydrogen-bond donors (Lipinski definition) is 1. The maximum absolute atomic E-state index is 11.9. The Morgan fingerprint density at radius 3 is 2.31 bits per heavy atom. The largest absolute Gasteiger partial charge is 0.379 e. The number of likely N-dealkylation sites (N-methyl/N-ethyl adjacent to an activating group) is 1. The molecule has 0 aromatic heterocycles. The Morgan fingerprint density at radius 2 is 1.94 bits per heavy atom. The van der Waals surface area contributed by atoms with Gasteiger partial charge in [-0.2, -0.15) is 0 Å². The van der Waals surface area contributed by atoms with Crippen molar-refractivity contribution in [2.24, 2.45) is 5.41 Å². The summed E-state index contributed by atoms with van der Waals surface area (Å²) in [6.07, 6.45) is 0.865. The molecule has 4 heteroatoms. The van der Waals surface area contributed by atoms with Crippen LogP contribution in [0.1, 0.15) is 27.2 Å². The van der Waals surface area contributed by atoms with E-state index in [1.54, 1.807) is 0 Å². The Kier molecular flexibility index (Phi) is 5.22. The van der Waals surface area contributed by atoms with Gasteiger partial charge in [0.1, 0.15) is 0 Å². The first kappa shape index (κ1) is 13.5. The van der Waals surface area contributed by atoms with Crippen LogP contribution in [0.15, 0.2) is 0 Å². The van der Waals surface area contributed by atoms with Crippen LogP contribution < -0.4 is 5.32 Å². The predicted molar refractivity (Wildman–Crippen MR) is 64.3 cm³/mol. The SMILES string of the molecule is CCN(CC)CCNC(=O)C1(CC)COC1. The minimum atomic E-state index is -0.233. The highest BCUT2D eigenvalue weighted by atomic mass is 16.5. The minimum Gasteiger partial charge on any atom is -0.379 e. The van der Waals surface area contributed by atoms with Gasteiger partial charge in [0.05, 0.1) is 18.6 Å². The lowest BCUT2D eigenvalue weighted by Crippen LogP contribution is -2.54. The van der Waals surface area contributed by atoms with Crippen LogP contribution in [-0.4, -0.2) is 50.2 Å². The summed E-state index contributed by atoms with van der Waals surface area (Å²) in [5.41, 5.74) is -0.233. The van der Waals surface area contributed by atoms with E-state index >= 15 is 0 Å². The number of nitrogens with one attached hydrogen (secondary N) is 1. The topological polar surface area (TPSA) is 41.6 Å². The Hall–Kier alpha value is -0.610. The number of carbonyl (C=O) groups excluding carboxylic acids is 1. The molecule has 1 aliphatic heterocycles. The molecule has 0 saturated carbocycles. The number of carbonyl (C=O) groups is 1. The molecular formula is C12H24N2O2. The Bertz CT molecular complexity index is 218. The summed E-state index contributed by atoms with van der Waals surface area (Å²) in [4.78, 5) is 14.2. The Labute approximate surface area is 98.3 Å². The maximum atomic E-state index is 11.9. The van der Waals surface area contributed by atoms with Crippen LogP contribution in [-0.2, 0) is 9.53 Å². The molecule has 0 radical (unpaired) electrons. The van der Waals surface area contributed by atoms with Crippen molar-refractivity contribution in [3.05, 3.63) is 0 Å². The van der Waals surface area contributed by atoms with Crippen LogP contribution in [0.25, 0.3) is 0 Å². The zero-order valence-electron chi connectivity index (χ0n) is 10.7. The minimum absolute atomic E-state index is 0.161. The van der Waals surface area contributed by atoms with E-state index in [4.69, 9.17) is 4.74 Å². The van der Waals surface area contributed by atoms with Crippen molar-refractivity contribution in [1.29, 1.82) is 0 Å². The zero-order chi connectivity index (χ0) is 12.0. The molecular weight excluding hydrogens is 204 g/mol. The van der Waals surface area contributed by atoms with Crippen LogP contribution in [0, 0.1) is 5.41 Å². The third kappa shape index (κ3) is 2.95. The molecule has 1 aliphatic rings. The molecule has 0 spiro atoms. The molecule has 0 unspecified atom stereocenters. The molecule has 94 valence electrons. The standard InChI is InChI=1S/C12H24N2O2/c1-4-12(9-16-10-12)11(15)13-7-8-14(5-2)6-3/h4-10H2,1-3H3,(H,13,15). The third-order valence-corrected chi connectivity index (χ3v) is 3.52. The highest BCUT2D eigenvalue weighted by Gasteiger charge is 2.43. The normalized spacial score (nSPS) is 18.2. The van der Waals surface area contributed by atoms with Crippen molar-refractivity contribution in [3.8, 4) is 0 Å². The van der Waals surface area contributed by atoms with E-state index < -0.39 is 0 Å². The van der Waals surface area contributed by atoms with E-state index in [0.29, 0.717) is 13.2 Å². The predicted octanol–water partition coefficient (Wildman–Crippen LogP) is 0.871. The lowest BCUT2D eigenvalue weighted by molar-refractivity contribution is -0.162. The molecule has 0 bridgehead atoms. The van der Waals surface area contributed by atoms with E-state index in [-0.39, 0.29) is 11.3 Å². The fraction of sp³-hybridized carbons (Fsp3) is 0.917. The molecule has 4 nitrogen and oxygen atoms in total. The van der Waals surface area contributed by atoms with Crippen LogP contribution in [0.3, 0.4) is 0 Å². The van der Waals surface area contributed by atoms with Gasteiger partial charge in [-0.25, -0.2) is 0 Å². The Balaban J connectivity index is 2.24. The van der Waals surface area contributed by atoms with Crippen molar-refractivity contribution in [2.45, 2.75) is 27.2 Å². The lowest BCUT2D eigenvalue weighted by Gasteiger charge is -2.39. The second-order valence-corrected chi connectivity index (χ2v) is 4.41. The van der Waals surface area contributed by atoms with Crippen LogP contribution in [0.4, 0.5) is 0 Å². The van der Waals surface area contributed by atoms with Gasteiger partial charge < -0.3 is 15.0 Å². The van der Waals surface area contributed by atoms with Gasteiger partial charge >= 0.3 is 0 Å². The van der Waals surface area contributed by atoms with Crippen molar-refractivity contribution in [3.63, 3.8) is 0 Å². The van der Waals surface area contributed by atoms with E-state index in [1.807, 2.05) is 6.92 Å². The highest BCUT2D eigenvalue weighted by molar-refractivity contribution is 5.83. The summed E-state index contributed by atoms with van der Waals surface area (Å²) in [7, 11) is 0. The molecule has 1 fully saturated rings. The van der Waals surface area contributed by atoms with Gasteiger partial charge in [-0.1, -0.05) is 20.8 Å². The smallest absolute Gasteiger partial charge is 0.230 e. The number of hydrogen-bond acceptors (Lipinski definition) is 3. The average molecular weight is 228 g/mol. The van der Waals surface area contributed by atoms with Gasteiger partial charge in [0.15, 0.2) is 0 Å². The number of amides is 1. The van der Waals surface area contributed by atoms with Gasteiger partial charge in [0.2, 0.25) is 5.91 Å². The molecule has 0 aliphatic carbocycles. The summed E-state index contributed by atoms with van der Waals surface area (Å²) < 4.78 is 5.15. The van der Waals surface area contributed by atoms with Crippen molar-refractivity contribution >= 4 is 5.91 Å². The summed E-state index contributed by atoms with van der Waals surface area (Å²) in [6, 6.07) is 0. The summed E-state index contributed by atoms with van der Waals surface area (Å²) in [6.45, 7) is 11.2. The highest BCUT2D eigenvalue weighted by Crippen LogP contribution is 2.31. The first-order chi connectivity index (χ1) is 7.68. The molecule has 1 N–H and O–H groups in total. The van der Waals surface area contributed by atoms with Crippen LogP contribution in [0.5, 0.6) is 0 Å².